The number of rotatable bonds is 20. The van der Waals surface area contributed by atoms with Crippen LogP contribution in [0.2, 0.25) is 15.1 Å². The second-order valence-electron chi connectivity index (χ2n) is 18.3. The van der Waals surface area contributed by atoms with E-state index in [1.54, 1.807) is 54.6 Å². The summed E-state index contributed by atoms with van der Waals surface area (Å²) in [4.78, 5) is 29.9. The molecule has 1 aliphatic carbocycles. The van der Waals surface area contributed by atoms with Crippen LogP contribution >= 0.6 is 34.8 Å². The summed E-state index contributed by atoms with van der Waals surface area (Å²) >= 11 is 17.6. The minimum atomic E-state index is -0.102. The van der Waals surface area contributed by atoms with Crippen LogP contribution in [-0.4, -0.2) is 118 Å². The smallest absolute Gasteiger partial charge is 0.265 e. The number of amides is 1. The molecule has 1 amide bonds. The summed E-state index contributed by atoms with van der Waals surface area (Å²) in [5.41, 5.74) is 11.3. The van der Waals surface area contributed by atoms with Crippen molar-refractivity contribution in [3.63, 3.8) is 0 Å². The molecule has 1 saturated heterocycles. The standard InChI is InChI=1S/C14H18ClNO2.C13H15Cl2NO.C13H17N.C11H15N.C10H14N2O/c15-13-5-3-12(4-6-13)14(17)2-1-7-16-8-10-18-11-9-16;1-3-7-16(2)8-4-9-17-13-6-5-11(14)10-12(13)15;1-4-10-14(3)12(2)11-13-8-6-5-7-9-13;1-2-12-11-8-7-9-5-3-4-6-10(9)11;1-8(2)11-12-10(13)9-6-4-3-5-7-9/h3-6H,1-2,7-11H2;1,5-6,10H,4,7-9H2,2H3;1,5-9,12H,10-11H2,2-3H3;3-6,11-12H,2,7-8H2,1H3;3-8,11H,1-2H3,(H,12,13)/t;;12-;11-;/m..11./s1. The first-order chi connectivity index (χ1) is 35.7. The van der Waals surface area contributed by atoms with Crippen molar-refractivity contribution in [1.29, 1.82) is 0 Å². The van der Waals surface area contributed by atoms with Crippen molar-refractivity contribution in [1.82, 2.24) is 30.9 Å². The minimum Gasteiger partial charge on any atom is -0.492 e. The quantitative estimate of drug-likeness (QED) is 0.0305. The predicted octanol–water partition coefficient (Wildman–Crippen LogP) is 11.8. The average molecular weight is 1070 g/mol. The number of carbonyl (C=O) groups is 2. The SMILES string of the molecule is C#CCN(C)CCCOc1ccc(Cl)cc1Cl.C#CCN(C)[C@H](C)Cc1ccccc1.CC(C)NNC(=O)c1ccccc1.CCN[C@@H]1CCc2ccccc21.O=C(CCCN1CCOCC1)c1ccc(Cl)cc1. The van der Waals surface area contributed by atoms with Gasteiger partial charge in [0.1, 0.15) is 5.75 Å². The van der Waals surface area contributed by atoms with E-state index < -0.39 is 0 Å². The second-order valence-corrected chi connectivity index (χ2v) is 19.6. The maximum Gasteiger partial charge on any atom is 0.265 e. The zero-order valence-corrected chi connectivity index (χ0v) is 46.7. The number of likely N-dealkylation sites (N-methyl/N-ethyl adjacent to an activating group) is 1. The number of nitrogens with zero attached hydrogens (tertiary/aromatic N) is 3. The molecule has 5 aromatic carbocycles. The molecule has 74 heavy (non-hydrogen) atoms. The number of fused-ring (bicyclic) bond motifs is 1. The molecular formula is C61H79Cl3N6O4. The lowest BCUT2D eigenvalue weighted by Gasteiger charge is -2.26. The van der Waals surface area contributed by atoms with Crippen LogP contribution in [0.5, 0.6) is 5.75 Å². The molecule has 2 atom stereocenters. The molecule has 13 heteroatoms. The lowest BCUT2D eigenvalue weighted by atomic mass is 10.1. The number of hydrazine groups is 1. The van der Waals surface area contributed by atoms with Crippen LogP contribution in [0.15, 0.2) is 127 Å². The van der Waals surface area contributed by atoms with Crippen LogP contribution < -0.4 is 20.9 Å². The van der Waals surface area contributed by atoms with E-state index in [0.29, 0.717) is 64.6 Å². The van der Waals surface area contributed by atoms with Gasteiger partial charge < -0.3 is 14.8 Å². The molecule has 2 aliphatic rings. The molecule has 398 valence electrons. The number of ether oxygens (including phenoxy) is 2. The van der Waals surface area contributed by atoms with Crippen molar-refractivity contribution < 1.29 is 19.1 Å². The van der Waals surface area contributed by atoms with E-state index in [1.807, 2.05) is 45.2 Å². The maximum absolute atomic E-state index is 11.9. The van der Waals surface area contributed by atoms with Gasteiger partial charge in [-0.1, -0.05) is 126 Å². The third-order valence-electron chi connectivity index (χ3n) is 11.9. The van der Waals surface area contributed by atoms with Gasteiger partial charge in [-0.15, -0.1) is 12.8 Å². The van der Waals surface area contributed by atoms with Crippen LogP contribution in [0, 0.1) is 24.7 Å². The molecule has 0 spiro atoms. The highest BCUT2D eigenvalue weighted by atomic mass is 35.5. The molecule has 0 unspecified atom stereocenters. The van der Waals surface area contributed by atoms with Gasteiger partial charge in [0.05, 0.1) is 37.9 Å². The van der Waals surface area contributed by atoms with E-state index in [2.05, 4.69) is 112 Å². The fourth-order valence-corrected chi connectivity index (χ4v) is 8.30. The number of hydrogen-bond donors (Lipinski definition) is 3. The number of aryl methyl sites for hydroxylation is 1. The van der Waals surface area contributed by atoms with E-state index >= 15 is 0 Å². The fraction of sp³-hybridized carbons (Fsp3) is 0.410. The number of nitrogens with one attached hydrogen (secondary N) is 3. The van der Waals surface area contributed by atoms with Crippen molar-refractivity contribution in [3.05, 3.63) is 170 Å². The van der Waals surface area contributed by atoms with Gasteiger partial charge in [-0.25, -0.2) is 5.43 Å². The van der Waals surface area contributed by atoms with Gasteiger partial charge >= 0.3 is 0 Å². The van der Waals surface area contributed by atoms with Crippen molar-refractivity contribution in [2.24, 2.45) is 0 Å². The first-order valence-corrected chi connectivity index (χ1v) is 26.8. The molecular weight excluding hydrogens is 987 g/mol. The monoisotopic (exact) mass is 1060 g/mol. The third-order valence-corrected chi connectivity index (χ3v) is 12.7. The Kier molecular flexibility index (Phi) is 32.0. The van der Waals surface area contributed by atoms with Gasteiger partial charge in [0.15, 0.2) is 5.78 Å². The Labute approximate surface area is 458 Å². The van der Waals surface area contributed by atoms with Gasteiger partial charge in [0.25, 0.3) is 5.91 Å². The van der Waals surface area contributed by atoms with Crippen LogP contribution in [-0.2, 0) is 17.6 Å². The topological polar surface area (TPSA) is 98.4 Å². The number of carbonyl (C=O) groups excluding carboxylic acids is 2. The fourth-order valence-electron chi connectivity index (χ4n) is 7.71. The minimum absolute atomic E-state index is 0.102. The first-order valence-electron chi connectivity index (χ1n) is 25.6. The van der Waals surface area contributed by atoms with Gasteiger partial charge in [-0.05, 0) is 151 Å². The zero-order chi connectivity index (χ0) is 53.9. The highest BCUT2D eigenvalue weighted by molar-refractivity contribution is 6.35. The average Bonchev–Trinajstić information content (AvgIpc) is 3.82. The van der Waals surface area contributed by atoms with Crippen molar-refractivity contribution >= 4 is 46.5 Å². The lowest BCUT2D eigenvalue weighted by molar-refractivity contribution is 0.0371. The van der Waals surface area contributed by atoms with Gasteiger partial charge in [0.2, 0.25) is 0 Å². The van der Waals surface area contributed by atoms with E-state index in [4.69, 9.17) is 57.1 Å². The summed E-state index contributed by atoms with van der Waals surface area (Å²) in [6, 6.07) is 42.0. The second kappa shape index (κ2) is 37.5. The largest absolute Gasteiger partial charge is 0.492 e. The number of ketones is 1. The molecule has 1 heterocycles. The van der Waals surface area contributed by atoms with Crippen molar-refractivity contribution in [2.45, 2.75) is 84.3 Å². The highest BCUT2D eigenvalue weighted by Gasteiger charge is 2.20. The third kappa shape index (κ3) is 26.3. The van der Waals surface area contributed by atoms with Crippen LogP contribution in [0.1, 0.15) is 96.8 Å². The van der Waals surface area contributed by atoms with Gasteiger partial charge in [0, 0.05) is 65.4 Å². The summed E-state index contributed by atoms with van der Waals surface area (Å²) in [6.45, 7) is 16.8. The number of morpholine rings is 1. The Morgan fingerprint density at radius 1 is 0.797 bits per heavy atom. The molecule has 1 aliphatic heterocycles. The van der Waals surface area contributed by atoms with Gasteiger partial charge in [-0.2, -0.15) is 0 Å². The van der Waals surface area contributed by atoms with Crippen LogP contribution in [0.3, 0.4) is 0 Å². The van der Waals surface area contributed by atoms with Crippen molar-refractivity contribution in [3.8, 4) is 30.4 Å². The Bertz CT molecular complexity index is 2400. The Morgan fingerprint density at radius 2 is 1.43 bits per heavy atom. The number of Topliss-reactive ketones (excluding diaryl/α,β-unsaturated/α-hetero) is 1. The molecule has 0 radical (unpaired) electrons. The zero-order valence-electron chi connectivity index (χ0n) is 44.4. The number of terminal acetylenes is 2. The maximum atomic E-state index is 11.9. The Balaban J connectivity index is 0.000000246. The van der Waals surface area contributed by atoms with E-state index in [-0.39, 0.29) is 17.7 Å². The van der Waals surface area contributed by atoms with Crippen LogP contribution in [0.4, 0.5) is 0 Å². The summed E-state index contributed by atoms with van der Waals surface area (Å²) in [6.07, 6.45) is 16.4. The number of benzene rings is 5. The van der Waals surface area contributed by atoms with Gasteiger partial charge in [-0.3, -0.25) is 29.7 Å². The molecule has 10 nitrogen and oxygen atoms in total. The molecule has 1 fully saturated rings. The molecule has 7 rings (SSSR count). The summed E-state index contributed by atoms with van der Waals surface area (Å²) < 4.78 is 10.8. The van der Waals surface area contributed by atoms with E-state index in [9.17, 15) is 9.59 Å². The predicted molar refractivity (Wildman–Crippen MR) is 310 cm³/mol. The molecule has 0 saturated carbocycles. The van der Waals surface area contributed by atoms with E-state index in [0.717, 1.165) is 70.8 Å². The number of hydrogen-bond acceptors (Lipinski definition) is 9. The molecule has 0 aromatic heterocycles. The first kappa shape index (κ1) is 63.1. The lowest BCUT2D eigenvalue weighted by Crippen LogP contribution is -2.41. The normalized spacial score (nSPS) is 13.9. The number of halogens is 3. The van der Waals surface area contributed by atoms with Crippen molar-refractivity contribution in [2.75, 3.05) is 79.7 Å². The molecule has 5 aromatic rings. The molecule has 0 bridgehead atoms. The van der Waals surface area contributed by atoms with E-state index in [1.165, 1.54) is 29.5 Å². The molecule has 3 N–H and O–H groups in total. The highest BCUT2D eigenvalue weighted by Crippen LogP contribution is 2.30. The Morgan fingerprint density at radius 3 is 2.07 bits per heavy atom. The summed E-state index contributed by atoms with van der Waals surface area (Å²) in [7, 11) is 4.04. The van der Waals surface area contributed by atoms with Crippen LogP contribution in [0.25, 0.3) is 0 Å². The Hall–Kier alpha value is -5.21. The summed E-state index contributed by atoms with van der Waals surface area (Å²) in [5.74, 6) is 6.01. The summed E-state index contributed by atoms with van der Waals surface area (Å²) in [5, 5.41) is 5.31.